The summed E-state index contributed by atoms with van der Waals surface area (Å²) in [5.74, 6) is -0.417. The van der Waals surface area contributed by atoms with Gasteiger partial charge in [-0.05, 0) is 57.0 Å². The van der Waals surface area contributed by atoms with E-state index in [9.17, 15) is 14.0 Å². The van der Waals surface area contributed by atoms with Crippen molar-refractivity contribution in [1.82, 2.24) is 10.5 Å². The Hall–Kier alpha value is -3.68. The highest BCUT2D eigenvalue weighted by molar-refractivity contribution is 5.94. The van der Waals surface area contributed by atoms with Crippen molar-refractivity contribution < 1.29 is 28.0 Å². The zero-order chi connectivity index (χ0) is 23.1. The molecule has 3 rings (SSSR count). The first-order valence-electron chi connectivity index (χ1n) is 10.2. The van der Waals surface area contributed by atoms with Crippen LogP contribution in [0.15, 0.2) is 53.1 Å². The molecule has 1 atom stereocenters. The van der Waals surface area contributed by atoms with E-state index < -0.39 is 18.0 Å². The van der Waals surface area contributed by atoms with Crippen molar-refractivity contribution in [2.24, 2.45) is 0 Å². The van der Waals surface area contributed by atoms with E-state index in [0.717, 1.165) is 11.1 Å². The lowest BCUT2D eigenvalue weighted by molar-refractivity contribution is -0.129. The number of benzene rings is 2. The van der Waals surface area contributed by atoms with Crippen molar-refractivity contribution in [3.05, 3.63) is 82.5 Å². The molecule has 0 aliphatic heterocycles. The Balaban J connectivity index is 1.54. The van der Waals surface area contributed by atoms with Gasteiger partial charge in [-0.1, -0.05) is 29.4 Å². The molecule has 0 fully saturated rings. The Morgan fingerprint density at radius 3 is 2.53 bits per heavy atom. The van der Waals surface area contributed by atoms with Gasteiger partial charge < -0.3 is 19.3 Å². The summed E-state index contributed by atoms with van der Waals surface area (Å²) in [6.45, 7) is 5.62. The van der Waals surface area contributed by atoms with Crippen LogP contribution in [0, 0.1) is 19.7 Å². The van der Waals surface area contributed by atoms with E-state index in [-0.39, 0.29) is 18.0 Å². The Kier molecular flexibility index (Phi) is 7.59. The molecule has 7 nitrogen and oxygen atoms in total. The fourth-order valence-corrected chi connectivity index (χ4v) is 3.02. The SMILES string of the molecule is Cc1noc(C)c1COc1ccccc1C(=O)OC(C)C(=O)NCCc1ccc(F)cc1. The van der Waals surface area contributed by atoms with Gasteiger partial charge in [-0.2, -0.15) is 0 Å². The minimum atomic E-state index is -0.994. The summed E-state index contributed by atoms with van der Waals surface area (Å²) in [4.78, 5) is 25.0. The number of para-hydroxylation sites is 1. The van der Waals surface area contributed by atoms with Crippen molar-refractivity contribution >= 4 is 11.9 Å². The number of rotatable bonds is 9. The van der Waals surface area contributed by atoms with E-state index in [2.05, 4.69) is 10.5 Å². The van der Waals surface area contributed by atoms with Crippen molar-refractivity contribution in [2.75, 3.05) is 6.54 Å². The Morgan fingerprint density at radius 1 is 1.12 bits per heavy atom. The Morgan fingerprint density at radius 2 is 1.84 bits per heavy atom. The molecule has 168 valence electrons. The number of aryl methyl sites for hydroxylation is 2. The standard InChI is InChI=1S/C24H25FN2O5/c1-15-21(16(2)32-27-15)14-30-22-7-5-4-6-20(22)24(29)31-17(3)23(28)26-13-12-18-8-10-19(25)11-9-18/h4-11,17H,12-14H2,1-3H3,(H,26,28). The molecule has 3 aromatic rings. The second-order valence-electron chi connectivity index (χ2n) is 7.30. The number of nitrogens with zero attached hydrogens (tertiary/aromatic N) is 1. The first-order chi connectivity index (χ1) is 15.3. The molecule has 0 saturated heterocycles. The Bertz CT molecular complexity index is 1060. The molecule has 0 bridgehead atoms. The summed E-state index contributed by atoms with van der Waals surface area (Å²) >= 11 is 0. The monoisotopic (exact) mass is 440 g/mol. The molecule has 1 aromatic heterocycles. The van der Waals surface area contributed by atoms with Gasteiger partial charge in [0.2, 0.25) is 0 Å². The third-order valence-electron chi connectivity index (χ3n) is 4.94. The van der Waals surface area contributed by atoms with Crippen LogP contribution in [0.5, 0.6) is 5.75 Å². The number of hydrogen-bond donors (Lipinski definition) is 1. The van der Waals surface area contributed by atoms with Crippen LogP contribution in [0.25, 0.3) is 0 Å². The molecule has 1 heterocycles. The summed E-state index contributed by atoms with van der Waals surface area (Å²) in [5.41, 5.74) is 2.63. The summed E-state index contributed by atoms with van der Waals surface area (Å²) < 4.78 is 29.2. The second-order valence-corrected chi connectivity index (χ2v) is 7.30. The molecule has 2 aromatic carbocycles. The number of ether oxygens (including phenoxy) is 2. The largest absolute Gasteiger partial charge is 0.488 e. The van der Waals surface area contributed by atoms with Crippen LogP contribution < -0.4 is 10.1 Å². The number of nitrogens with one attached hydrogen (secondary N) is 1. The third-order valence-corrected chi connectivity index (χ3v) is 4.94. The highest BCUT2D eigenvalue weighted by Crippen LogP contribution is 2.22. The molecule has 0 aliphatic rings. The summed E-state index contributed by atoms with van der Waals surface area (Å²) in [5, 5.41) is 6.60. The number of hydrogen-bond acceptors (Lipinski definition) is 6. The third kappa shape index (κ3) is 5.94. The normalized spacial score (nSPS) is 11.6. The number of aromatic nitrogens is 1. The molecular weight excluding hydrogens is 415 g/mol. The minimum Gasteiger partial charge on any atom is -0.488 e. The van der Waals surface area contributed by atoms with E-state index in [1.165, 1.54) is 19.1 Å². The van der Waals surface area contributed by atoms with Gasteiger partial charge in [-0.25, -0.2) is 9.18 Å². The number of carbonyl (C=O) groups excluding carboxylic acids is 2. The maximum atomic E-state index is 13.0. The van der Waals surface area contributed by atoms with Crippen molar-refractivity contribution in [3.63, 3.8) is 0 Å². The molecule has 0 spiro atoms. The molecule has 32 heavy (non-hydrogen) atoms. The zero-order valence-electron chi connectivity index (χ0n) is 18.2. The van der Waals surface area contributed by atoms with Gasteiger partial charge >= 0.3 is 5.97 Å². The fraction of sp³-hybridized carbons (Fsp3) is 0.292. The van der Waals surface area contributed by atoms with Gasteiger partial charge in [0.15, 0.2) is 6.10 Å². The maximum Gasteiger partial charge on any atom is 0.342 e. The average molecular weight is 440 g/mol. The molecule has 8 heteroatoms. The van der Waals surface area contributed by atoms with Gasteiger partial charge in [0.05, 0.1) is 11.3 Å². The molecule has 1 amide bonds. The maximum absolute atomic E-state index is 13.0. The predicted octanol–water partition coefficient (Wildman–Crippen LogP) is 3.91. The van der Waals surface area contributed by atoms with Gasteiger partial charge in [0, 0.05) is 6.54 Å². The lowest BCUT2D eigenvalue weighted by atomic mass is 10.1. The van der Waals surface area contributed by atoms with Gasteiger partial charge in [0.25, 0.3) is 5.91 Å². The zero-order valence-corrected chi connectivity index (χ0v) is 18.2. The first kappa shape index (κ1) is 23.0. The van der Waals surface area contributed by atoms with Crippen LogP contribution in [0.2, 0.25) is 0 Å². The van der Waals surface area contributed by atoms with Crippen LogP contribution in [-0.4, -0.2) is 29.7 Å². The fourth-order valence-electron chi connectivity index (χ4n) is 3.02. The summed E-state index contributed by atoms with van der Waals surface area (Å²) in [6, 6.07) is 12.7. The molecular formula is C24H25FN2O5. The number of halogens is 1. The molecule has 0 aliphatic carbocycles. The van der Waals surface area contributed by atoms with E-state index in [4.69, 9.17) is 14.0 Å². The second kappa shape index (κ2) is 10.6. The van der Waals surface area contributed by atoms with Crippen LogP contribution in [-0.2, 0) is 22.6 Å². The topological polar surface area (TPSA) is 90.7 Å². The van der Waals surface area contributed by atoms with E-state index in [1.807, 2.05) is 6.92 Å². The average Bonchev–Trinajstić information content (AvgIpc) is 3.10. The molecule has 1 unspecified atom stereocenters. The lowest BCUT2D eigenvalue weighted by Gasteiger charge is -2.15. The minimum absolute atomic E-state index is 0.185. The lowest BCUT2D eigenvalue weighted by Crippen LogP contribution is -2.37. The van der Waals surface area contributed by atoms with Crippen molar-refractivity contribution in [3.8, 4) is 5.75 Å². The van der Waals surface area contributed by atoms with Gasteiger partial charge in [0.1, 0.15) is 29.5 Å². The molecule has 0 saturated carbocycles. The van der Waals surface area contributed by atoms with E-state index >= 15 is 0 Å². The van der Waals surface area contributed by atoms with Crippen LogP contribution in [0.3, 0.4) is 0 Å². The van der Waals surface area contributed by atoms with Crippen LogP contribution >= 0.6 is 0 Å². The van der Waals surface area contributed by atoms with Crippen LogP contribution in [0.1, 0.15) is 39.9 Å². The molecule has 0 radical (unpaired) electrons. The summed E-state index contributed by atoms with van der Waals surface area (Å²) in [6.07, 6.45) is -0.461. The highest BCUT2D eigenvalue weighted by Gasteiger charge is 2.21. The smallest absolute Gasteiger partial charge is 0.342 e. The van der Waals surface area contributed by atoms with E-state index in [1.54, 1.807) is 43.3 Å². The quantitative estimate of drug-likeness (QED) is 0.508. The van der Waals surface area contributed by atoms with Gasteiger partial charge in [-0.15, -0.1) is 0 Å². The number of esters is 1. The van der Waals surface area contributed by atoms with Gasteiger partial charge in [-0.3, -0.25) is 4.79 Å². The predicted molar refractivity (Wildman–Crippen MR) is 115 cm³/mol. The molecule has 1 N–H and O–H groups in total. The number of carbonyl (C=O) groups is 2. The Labute approximate surface area is 185 Å². The summed E-state index contributed by atoms with van der Waals surface area (Å²) in [7, 11) is 0. The number of amides is 1. The first-order valence-corrected chi connectivity index (χ1v) is 10.2. The van der Waals surface area contributed by atoms with E-state index in [0.29, 0.717) is 30.2 Å². The van der Waals surface area contributed by atoms with Crippen molar-refractivity contribution in [2.45, 2.75) is 39.9 Å². The van der Waals surface area contributed by atoms with Crippen molar-refractivity contribution in [1.29, 1.82) is 0 Å². The van der Waals surface area contributed by atoms with Crippen LogP contribution in [0.4, 0.5) is 4.39 Å². The highest BCUT2D eigenvalue weighted by atomic mass is 19.1.